The lowest BCUT2D eigenvalue weighted by Crippen LogP contribution is -2.10. The first-order valence-corrected chi connectivity index (χ1v) is 8.09. The zero-order valence-corrected chi connectivity index (χ0v) is 14.0. The topological polar surface area (TPSA) is 93.0 Å². The zero-order chi connectivity index (χ0) is 17.6. The van der Waals surface area contributed by atoms with E-state index < -0.39 is 5.97 Å². The second-order valence-electron chi connectivity index (χ2n) is 5.52. The number of nitrogens with one attached hydrogen (secondary N) is 2. The Hall–Kier alpha value is -3.28. The summed E-state index contributed by atoms with van der Waals surface area (Å²) in [4.78, 5) is 12.5. The van der Waals surface area contributed by atoms with Crippen LogP contribution >= 0.6 is 0 Å². The Morgan fingerprint density at radius 3 is 2.60 bits per heavy atom. The number of rotatable bonds is 6. The third-order valence-corrected chi connectivity index (χ3v) is 3.76. The minimum atomic E-state index is -0.417. The molecule has 0 amide bonds. The van der Waals surface area contributed by atoms with Crippen molar-refractivity contribution >= 4 is 23.2 Å². The van der Waals surface area contributed by atoms with Crippen molar-refractivity contribution in [2.75, 3.05) is 17.7 Å². The van der Waals surface area contributed by atoms with Crippen LogP contribution < -0.4 is 11.1 Å². The summed E-state index contributed by atoms with van der Waals surface area (Å²) in [5, 5.41) is 10.3. The van der Waals surface area contributed by atoms with Crippen LogP contribution in [0.5, 0.6) is 0 Å². The molecule has 0 aliphatic heterocycles. The van der Waals surface area contributed by atoms with Gasteiger partial charge in [0, 0.05) is 6.42 Å². The average molecular weight is 336 g/mol. The first kappa shape index (κ1) is 16.6. The van der Waals surface area contributed by atoms with Gasteiger partial charge >= 0.3 is 5.97 Å². The van der Waals surface area contributed by atoms with Gasteiger partial charge in [-0.1, -0.05) is 42.5 Å². The van der Waals surface area contributed by atoms with E-state index >= 15 is 0 Å². The van der Waals surface area contributed by atoms with Crippen LogP contribution in [0.3, 0.4) is 0 Å². The molecule has 25 heavy (non-hydrogen) atoms. The third kappa shape index (κ3) is 3.80. The number of ether oxygens (including phenoxy) is 1. The molecular weight excluding hydrogens is 316 g/mol. The largest absolute Gasteiger partial charge is 0.462 e. The van der Waals surface area contributed by atoms with Gasteiger partial charge in [0.15, 0.2) is 0 Å². The molecule has 0 bridgehead atoms. The standard InChI is InChI=1S/C19H20N4O2/c1-2-25-19(24)17-16(12-13-8-4-3-5-9-13)22-23-18(17)21-15-11-7-6-10-14(15)20/h3-11H,2,12,20H2,1H3,(H2,21,22,23). The van der Waals surface area contributed by atoms with Crippen LogP contribution in [0.15, 0.2) is 54.6 Å². The highest BCUT2D eigenvalue weighted by molar-refractivity contribution is 5.97. The van der Waals surface area contributed by atoms with Crippen molar-refractivity contribution in [2.24, 2.45) is 0 Å². The Morgan fingerprint density at radius 2 is 1.88 bits per heavy atom. The minimum Gasteiger partial charge on any atom is -0.462 e. The van der Waals surface area contributed by atoms with E-state index in [0.29, 0.717) is 41.5 Å². The number of anilines is 3. The summed E-state index contributed by atoms with van der Waals surface area (Å²) in [5.41, 5.74) is 9.33. The van der Waals surface area contributed by atoms with Crippen LogP contribution in [-0.2, 0) is 11.2 Å². The monoisotopic (exact) mass is 336 g/mol. The number of hydrogen-bond donors (Lipinski definition) is 3. The lowest BCUT2D eigenvalue weighted by molar-refractivity contribution is 0.0526. The van der Waals surface area contributed by atoms with E-state index in [-0.39, 0.29) is 0 Å². The van der Waals surface area contributed by atoms with Gasteiger partial charge in [0.2, 0.25) is 0 Å². The lowest BCUT2D eigenvalue weighted by Gasteiger charge is -2.10. The molecule has 0 saturated heterocycles. The molecule has 4 N–H and O–H groups in total. The van der Waals surface area contributed by atoms with Gasteiger partial charge in [-0.3, -0.25) is 5.10 Å². The number of hydrogen-bond acceptors (Lipinski definition) is 5. The molecule has 3 rings (SSSR count). The van der Waals surface area contributed by atoms with Crippen molar-refractivity contribution in [3.05, 3.63) is 71.4 Å². The number of carbonyl (C=O) groups excluding carboxylic acids is 1. The second-order valence-corrected chi connectivity index (χ2v) is 5.52. The van der Waals surface area contributed by atoms with Crippen molar-refractivity contribution in [3.8, 4) is 0 Å². The molecule has 2 aromatic carbocycles. The van der Waals surface area contributed by atoms with Crippen molar-refractivity contribution in [3.63, 3.8) is 0 Å². The smallest absolute Gasteiger partial charge is 0.343 e. The fourth-order valence-electron chi connectivity index (χ4n) is 2.56. The number of para-hydroxylation sites is 2. The summed E-state index contributed by atoms with van der Waals surface area (Å²) in [6.07, 6.45) is 0.525. The molecule has 0 fully saturated rings. The number of nitrogens with two attached hydrogens (primary N) is 1. The summed E-state index contributed by atoms with van der Waals surface area (Å²) in [6, 6.07) is 17.2. The van der Waals surface area contributed by atoms with E-state index in [1.54, 1.807) is 13.0 Å². The molecule has 0 spiro atoms. The molecule has 1 aromatic heterocycles. The Labute approximate surface area is 146 Å². The lowest BCUT2D eigenvalue weighted by atomic mass is 10.1. The number of aromatic amines is 1. The molecule has 0 radical (unpaired) electrons. The fourth-order valence-corrected chi connectivity index (χ4v) is 2.56. The van der Waals surface area contributed by atoms with Crippen molar-refractivity contribution in [1.82, 2.24) is 10.2 Å². The van der Waals surface area contributed by atoms with Gasteiger partial charge in [-0.05, 0) is 24.6 Å². The normalized spacial score (nSPS) is 10.4. The maximum atomic E-state index is 12.5. The third-order valence-electron chi connectivity index (χ3n) is 3.76. The second kappa shape index (κ2) is 7.53. The van der Waals surface area contributed by atoms with Crippen LogP contribution in [-0.4, -0.2) is 22.8 Å². The van der Waals surface area contributed by atoms with Crippen molar-refractivity contribution in [1.29, 1.82) is 0 Å². The van der Waals surface area contributed by atoms with Crippen molar-refractivity contribution < 1.29 is 9.53 Å². The van der Waals surface area contributed by atoms with Crippen LogP contribution in [0, 0.1) is 0 Å². The molecule has 0 aliphatic rings. The zero-order valence-electron chi connectivity index (χ0n) is 14.0. The Morgan fingerprint density at radius 1 is 1.16 bits per heavy atom. The van der Waals surface area contributed by atoms with Crippen LogP contribution in [0.4, 0.5) is 17.2 Å². The first-order valence-electron chi connectivity index (χ1n) is 8.09. The molecule has 0 atom stereocenters. The predicted octanol–water partition coefficient (Wildman–Crippen LogP) is 3.50. The predicted molar refractivity (Wildman–Crippen MR) is 97.9 cm³/mol. The molecular formula is C19H20N4O2. The number of benzene rings is 2. The van der Waals surface area contributed by atoms with Gasteiger partial charge < -0.3 is 15.8 Å². The van der Waals surface area contributed by atoms with Gasteiger partial charge in [-0.25, -0.2) is 4.79 Å². The highest BCUT2D eigenvalue weighted by Gasteiger charge is 2.22. The molecule has 0 aliphatic carbocycles. The van der Waals surface area contributed by atoms with Crippen LogP contribution in [0.2, 0.25) is 0 Å². The van der Waals surface area contributed by atoms with Crippen LogP contribution in [0.25, 0.3) is 0 Å². The van der Waals surface area contributed by atoms with Gasteiger partial charge in [0.1, 0.15) is 11.4 Å². The summed E-state index contributed by atoms with van der Waals surface area (Å²) >= 11 is 0. The van der Waals surface area contributed by atoms with Gasteiger partial charge in [0.05, 0.1) is 23.7 Å². The summed E-state index contributed by atoms with van der Waals surface area (Å²) in [6.45, 7) is 2.07. The van der Waals surface area contributed by atoms with Gasteiger partial charge in [0.25, 0.3) is 0 Å². The average Bonchev–Trinajstić information content (AvgIpc) is 3.00. The van der Waals surface area contributed by atoms with E-state index in [0.717, 1.165) is 5.56 Å². The number of aromatic nitrogens is 2. The van der Waals surface area contributed by atoms with Gasteiger partial charge in [-0.2, -0.15) is 5.10 Å². The molecule has 1 heterocycles. The maximum absolute atomic E-state index is 12.5. The van der Waals surface area contributed by atoms with E-state index in [9.17, 15) is 4.79 Å². The number of carbonyl (C=O) groups is 1. The van der Waals surface area contributed by atoms with E-state index in [4.69, 9.17) is 10.5 Å². The van der Waals surface area contributed by atoms with Gasteiger partial charge in [-0.15, -0.1) is 0 Å². The first-order chi connectivity index (χ1) is 12.2. The molecule has 6 heteroatoms. The quantitative estimate of drug-likeness (QED) is 0.473. The maximum Gasteiger partial charge on any atom is 0.343 e. The summed E-state index contributed by atoms with van der Waals surface area (Å²) in [7, 11) is 0. The number of nitrogen functional groups attached to an aromatic ring is 1. The SMILES string of the molecule is CCOC(=O)c1c(Cc2ccccc2)n[nH]c1Nc1ccccc1N. The van der Waals surface area contributed by atoms with Crippen molar-refractivity contribution in [2.45, 2.75) is 13.3 Å². The molecule has 0 unspecified atom stereocenters. The Kier molecular flexibility index (Phi) is 4.99. The summed E-state index contributed by atoms with van der Waals surface area (Å²) < 4.78 is 5.20. The highest BCUT2D eigenvalue weighted by Crippen LogP contribution is 2.27. The molecule has 128 valence electrons. The van der Waals surface area contributed by atoms with E-state index in [1.807, 2.05) is 48.5 Å². The Balaban J connectivity index is 1.95. The summed E-state index contributed by atoms with van der Waals surface area (Å²) in [5.74, 6) is 0.0569. The Bertz CT molecular complexity index is 859. The molecule has 0 saturated carbocycles. The number of nitrogens with zero attached hydrogens (tertiary/aromatic N) is 1. The minimum absolute atomic E-state index is 0.293. The fraction of sp³-hybridized carbons (Fsp3) is 0.158. The number of H-pyrrole nitrogens is 1. The molecule has 6 nitrogen and oxygen atoms in total. The van der Waals surface area contributed by atoms with E-state index in [2.05, 4.69) is 15.5 Å². The molecule has 3 aromatic rings. The number of esters is 1. The highest BCUT2D eigenvalue weighted by atomic mass is 16.5. The van der Waals surface area contributed by atoms with E-state index in [1.165, 1.54) is 0 Å². The van der Waals surface area contributed by atoms with Crippen LogP contribution in [0.1, 0.15) is 28.5 Å².